The highest BCUT2D eigenvalue weighted by molar-refractivity contribution is 9.10. The van der Waals surface area contributed by atoms with Crippen LogP contribution in [-0.2, 0) is 10.0 Å². The van der Waals surface area contributed by atoms with E-state index in [2.05, 4.69) is 46.5 Å². The molecular formula is C10H7Br2N3O2S. The zero-order valence-corrected chi connectivity index (χ0v) is 12.8. The SMILES string of the molecule is O=S(=O)(Nc1ccncc1Br)c1cncc(Br)c1. The molecule has 1 N–H and O–H groups in total. The summed E-state index contributed by atoms with van der Waals surface area (Å²) >= 11 is 6.40. The molecule has 2 aromatic heterocycles. The van der Waals surface area contributed by atoms with Crippen molar-refractivity contribution in [3.8, 4) is 0 Å². The van der Waals surface area contributed by atoms with Gasteiger partial charge in [0.15, 0.2) is 0 Å². The van der Waals surface area contributed by atoms with E-state index in [1.807, 2.05) is 0 Å². The number of nitrogens with zero attached hydrogens (tertiary/aromatic N) is 2. The van der Waals surface area contributed by atoms with E-state index < -0.39 is 10.0 Å². The molecule has 0 amide bonds. The number of nitrogens with one attached hydrogen (secondary N) is 1. The number of pyridine rings is 2. The summed E-state index contributed by atoms with van der Waals surface area (Å²) in [7, 11) is -3.66. The molecule has 0 saturated carbocycles. The topological polar surface area (TPSA) is 72.0 Å². The number of hydrogen-bond acceptors (Lipinski definition) is 4. The summed E-state index contributed by atoms with van der Waals surface area (Å²) in [6.45, 7) is 0. The van der Waals surface area contributed by atoms with Gasteiger partial charge in [0.1, 0.15) is 4.90 Å². The molecule has 0 bridgehead atoms. The fraction of sp³-hybridized carbons (Fsp3) is 0. The van der Waals surface area contributed by atoms with Crippen LogP contribution < -0.4 is 4.72 Å². The van der Waals surface area contributed by atoms with E-state index in [0.717, 1.165) is 0 Å². The molecule has 0 unspecified atom stereocenters. The Bertz CT molecular complexity index is 676. The van der Waals surface area contributed by atoms with Gasteiger partial charge < -0.3 is 0 Å². The van der Waals surface area contributed by atoms with E-state index in [4.69, 9.17) is 0 Å². The summed E-state index contributed by atoms with van der Waals surface area (Å²) in [5, 5.41) is 0. The van der Waals surface area contributed by atoms with E-state index in [1.165, 1.54) is 30.9 Å². The molecule has 2 aromatic rings. The van der Waals surface area contributed by atoms with Gasteiger partial charge in [-0.15, -0.1) is 0 Å². The lowest BCUT2D eigenvalue weighted by Crippen LogP contribution is -2.13. The van der Waals surface area contributed by atoms with E-state index in [0.29, 0.717) is 14.6 Å². The van der Waals surface area contributed by atoms with Crippen LogP contribution in [-0.4, -0.2) is 18.4 Å². The normalized spacial score (nSPS) is 11.2. The molecule has 0 aliphatic heterocycles. The van der Waals surface area contributed by atoms with Gasteiger partial charge in [0.25, 0.3) is 10.0 Å². The fourth-order valence-electron chi connectivity index (χ4n) is 1.20. The first-order valence-corrected chi connectivity index (χ1v) is 7.79. The molecule has 0 fully saturated rings. The van der Waals surface area contributed by atoms with Crippen LogP contribution in [0.1, 0.15) is 0 Å². The van der Waals surface area contributed by atoms with Crippen molar-refractivity contribution in [2.24, 2.45) is 0 Å². The average Bonchev–Trinajstić information content (AvgIpc) is 2.32. The Morgan fingerprint density at radius 2 is 1.89 bits per heavy atom. The number of rotatable bonds is 3. The summed E-state index contributed by atoms with van der Waals surface area (Å²) in [5.74, 6) is 0. The van der Waals surface area contributed by atoms with E-state index in [9.17, 15) is 8.42 Å². The minimum Gasteiger partial charge on any atom is -0.278 e. The quantitative estimate of drug-likeness (QED) is 0.871. The molecule has 2 heterocycles. The van der Waals surface area contributed by atoms with Crippen LogP contribution >= 0.6 is 31.9 Å². The Morgan fingerprint density at radius 3 is 2.56 bits per heavy atom. The summed E-state index contributed by atoms with van der Waals surface area (Å²) in [4.78, 5) is 7.77. The van der Waals surface area contributed by atoms with Crippen molar-refractivity contribution < 1.29 is 8.42 Å². The number of halogens is 2. The Balaban J connectivity index is 2.37. The van der Waals surface area contributed by atoms with Gasteiger partial charge in [-0.3, -0.25) is 14.7 Å². The molecule has 0 aromatic carbocycles. The van der Waals surface area contributed by atoms with Crippen molar-refractivity contribution >= 4 is 47.6 Å². The highest BCUT2D eigenvalue weighted by Crippen LogP contribution is 2.24. The van der Waals surface area contributed by atoms with E-state index >= 15 is 0 Å². The van der Waals surface area contributed by atoms with Crippen LogP contribution in [0.5, 0.6) is 0 Å². The van der Waals surface area contributed by atoms with Crippen LogP contribution in [0.25, 0.3) is 0 Å². The van der Waals surface area contributed by atoms with Crippen molar-refractivity contribution in [2.45, 2.75) is 4.90 Å². The Hall–Kier alpha value is -0.990. The number of sulfonamides is 1. The third-order valence-electron chi connectivity index (χ3n) is 2.01. The Morgan fingerprint density at radius 1 is 1.11 bits per heavy atom. The molecule has 0 atom stereocenters. The predicted molar refractivity (Wildman–Crippen MR) is 74.7 cm³/mol. The molecule has 2 rings (SSSR count). The number of anilines is 1. The second-order valence-electron chi connectivity index (χ2n) is 3.30. The van der Waals surface area contributed by atoms with Gasteiger partial charge in [0.05, 0.1) is 10.2 Å². The average molecular weight is 393 g/mol. The molecule has 18 heavy (non-hydrogen) atoms. The molecular weight excluding hydrogens is 386 g/mol. The van der Waals surface area contributed by atoms with Gasteiger partial charge in [-0.25, -0.2) is 8.42 Å². The van der Waals surface area contributed by atoms with Crippen molar-refractivity contribution in [3.05, 3.63) is 45.9 Å². The zero-order valence-electron chi connectivity index (χ0n) is 8.84. The predicted octanol–water partition coefficient (Wildman–Crippen LogP) is 2.80. The maximum Gasteiger partial charge on any atom is 0.263 e. The molecule has 0 radical (unpaired) electrons. The van der Waals surface area contributed by atoms with Gasteiger partial charge in [-0.2, -0.15) is 0 Å². The molecule has 94 valence electrons. The lowest BCUT2D eigenvalue weighted by molar-refractivity contribution is 0.600. The van der Waals surface area contributed by atoms with Gasteiger partial charge in [0.2, 0.25) is 0 Å². The molecule has 0 aliphatic carbocycles. The van der Waals surface area contributed by atoms with Crippen molar-refractivity contribution in [1.29, 1.82) is 0 Å². The second-order valence-corrected chi connectivity index (χ2v) is 6.75. The Labute approximate surface area is 121 Å². The minimum atomic E-state index is -3.66. The Kier molecular flexibility index (Phi) is 3.98. The van der Waals surface area contributed by atoms with Crippen LogP contribution in [0.3, 0.4) is 0 Å². The standard InChI is InChI=1S/C10H7Br2N3O2S/c11-7-3-8(5-14-4-7)18(16,17)15-10-1-2-13-6-9(10)12/h1-6H,(H,13,15). The lowest BCUT2D eigenvalue weighted by Gasteiger charge is -2.09. The maximum absolute atomic E-state index is 12.1. The zero-order chi connectivity index (χ0) is 13.2. The maximum atomic E-state index is 12.1. The highest BCUT2D eigenvalue weighted by Gasteiger charge is 2.16. The van der Waals surface area contributed by atoms with Gasteiger partial charge in [-0.1, -0.05) is 0 Å². The summed E-state index contributed by atoms with van der Waals surface area (Å²) in [6, 6.07) is 3.04. The van der Waals surface area contributed by atoms with Crippen molar-refractivity contribution in [3.63, 3.8) is 0 Å². The summed E-state index contributed by atoms with van der Waals surface area (Å²) in [6.07, 6.45) is 5.81. The minimum absolute atomic E-state index is 0.0839. The lowest BCUT2D eigenvalue weighted by atomic mass is 10.4. The van der Waals surface area contributed by atoms with Crippen molar-refractivity contribution in [1.82, 2.24) is 9.97 Å². The van der Waals surface area contributed by atoms with Crippen LogP contribution in [0, 0.1) is 0 Å². The summed E-state index contributed by atoms with van der Waals surface area (Å²) < 4.78 is 27.8. The van der Waals surface area contributed by atoms with Crippen LogP contribution in [0.4, 0.5) is 5.69 Å². The van der Waals surface area contributed by atoms with E-state index in [1.54, 1.807) is 6.07 Å². The smallest absolute Gasteiger partial charge is 0.263 e. The first-order chi connectivity index (χ1) is 8.49. The number of hydrogen-bond donors (Lipinski definition) is 1. The second kappa shape index (κ2) is 5.33. The third-order valence-corrected chi connectivity index (χ3v) is 4.40. The molecule has 0 spiro atoms. The van der Waals surface area contributed by atoms with E-state index in [-0.39, 0.29) is 4.90 Å². The largest absolute Gasteiger partial charge is 0.278 e. The molecule has 5 nitrogen and oxygen atoms in total. The monoisotopic (exact) mass is 391 g/mol. The van der Waals surface area contributed by atoms with Gasteiger partial charge >= 0.3 is 0 Å². The molecule has 0 saturated heterocycles. The molecule has 0 aliphatic rings. The summed E-state index contributed by atoms with van der Waals surface area (Å²) in [5.41, 5.74) is 0.421. The fourth-order valence-corrected chi connectivity index (χ4v) is 3.27. The van der Waals surface area contributed by atoms with Crippen LogP contribution in [0.2, 0.25) is 0 Å². The third kappa shape index (κ3) is 3.06. The highest BCUT2D eigenvalue weighted by atomic mass is 79.9. The first-order valence-electron chi connectivity index (χ1n) is 4.72. The molecule has 8 heteroatoms. The van der Waals surface area contributed by atoms with Gasteiger partial charge in [-0.05, 0) is 44.0 Å². The first kappa shape index (κ1) is 13.4. The van der Waals surface area contributed by atoms with Gasteiger partial charge in [0, 0.05) is 29.3 Å². The van der Waals surface area contributed by atoms with Crippen molar-refractivity contribution in [2.75, 3.05) is 4.72 Å². The number of aromatic nitrogens is 2. The van der Waals surface area contributed by atoms with Crippen LogP contribution in [0.15, 0.2) is 50.8 Å².